The maximum absolute atomic E-state index is 10.3. The summed E-state index contributed by atoms with van der Waals surface area (Å²) in [6, 6.07) is 0. The molecule has 2 aliphatic rings. The Kier molecular flexibility index (Phi) is 6.29. The van der Waals surface area contributed by atoms with E-state index in [4.69, 9.17) is 9.47 Å². The molecule has 1 saturated carbocycles. The molecule has 0 amide bonds. The molecule has 0 radical (unpaired) electrons. The highest BCUT2D eigenvalue weighted by Gasteiger charge is 2.33. The van der Waals surface area contributed by atoms with Gasteiger partial charge >= 0.3 is 0 Å². The Labute approximate surface area is 136 Å². The van der Waals surface area contributed by atoms with E-state index in [-0.39, 0.29) is 12.2 Å². The van der Waals surface area contributed by atoms with Crippen LogP contribution in [0.1, 0.15) is 53.9 Å². The lowest BCUT2D eigenvalue weighted by Gasteiger charge is -2.39. The molecule has 5 atom stereocenters. The van der Waals surface area contributed by atoms with E-state index < -0.39 is 6.10 Å². The molecule has 0 spiro atoms. The molecule has 4 nitrogen and oxygen atoms in total. The second-order valence-corrected chi connectivity index (χ2v) is 8.50. The first-order valence-corrected chi connectivity index (χ1v) is 8.91. The van der Waals surface area contributed by atoms with Crippen molar-refractivity contribution in [1.29, 1.82) is 0 Å². The lowest BCUT2D eigenvalue weighted by atomic mass is 9.71. The van der Waals surface area contributed by atoms with E-state index >= 15 is 0 Å². The number of aliphatic hydroxyl groups excluding tert-OH is 1. The second kappa shape index (κ2) is 7.61. The molecule has 0 unspecified atom stereocenters. The zero-order valence-corrected chi connectivity index (χ0v) is 15.0. The topological polar surface area (TPSA) is 41.9 Å². The molecule has 0 aromatic carbocycles. The van der Waals surface area contributed by atoms with Crippen molar-refractivity contribution >= 4 is 0 Å². The first-order chi connectivity index (χ1) is 10.2. The van der Waals surface area contributed by atoms with Crippen LogP contribution in [0.5, 0.6) is 0 Å². The van der Waals surface area contributed by atoms with Gasteiger partial charge in [-0.25, -0.2) is 0 Å². The predicted octanol–water partition coefficient (Wildman–Crippen LogP) is 2.69. The summed E-state index contributed by atoms with van der Waals surface area (Å²) in [6.07, 6.45) is 3.90. The summed E-state index contributed by atoms with van der Waals surface area (Å²) < 4.78 is 11.8. The van der Waals surface area contributed by atoms with Crippen LogP contribution >= 0.6 is 0 Å². The van der Waals surface area contributed by atoms with Crippen LogP contribution in [0.2, 0.25) is 0 Å². The largest absolute Gasteiger partial charge is 0.389 e. The van der Waals surface area contributed by atoms with Crippen molar-refractivity contribution in [2.24, 2.45) is 11.3 Å². The molecule has 130 valence electrons. The fourth-order valence-electron chi connectivity index (χ4n) is 4.42. The molecule has 2 fully saturated rings. The smallest absolute Gasteiger partial charge is 0.0900 e. The van der Waals surface area contributed by atoms with Gasteiger partial charge in [-0.3, -0.25) is 4.90 Å². The fourth-order valence-corrected chi connectivity index (χ4v) is 4.42. The van der Waals surface area contributed by atoms with Crippen LogP contribution in [0.3, 0.4) is 0 Å². The minimum atomic E-state index is -0.405. The molecule has 4 heteroatoms. The van der Waals surface area contributed by atoms with E-state index in [0.717, 1.165) is 25.9 Å². The summed E-state index contributed by atoms with van der Waals surface area (Å²) in [5, 5.41) is 10.3. The van der Waals surface area contributed by atoms with Gasteiger partial charge in [-0.15, -0.1) is 0 Å². The first kappa shape index (κ1) is 18.2. The zero-order valence-electron chi connectivity index (χ0n) is 15.0. The SMILES string of the molecule is C[C@@H]1C[C@H](OC[C@H](O)CN2C[C@@H](C)O[C@@H](C)C2)CC(C)(C)C1. The normalized spacial score (nSPS) is 37.9. The summed E-state index contributed by atoms with van der Waals surface area (Å²) in [7, 11) is 0. The van der Waals surface area contributed by atoms with Crippen LogP contribution in [0.15, 0.2) is 0 Å². The van der Waals surface area contributed by atoms with Gasteiger partial charge in [0, 0.05) is 19.6 Å². The van der Waals surface area contributed by atoms with E-state index in [0.29, 0.717) is 30.6 Å². The van der Waals surface area contributed by atoms with Crippen LogP contribution < -0.4 is 0 Å². The van der Waals surface area contributed by atoms with Crippen molar-refractivity contribution in [3.05, 3.63) is 0 Å². The Morgan fingerprint density at radius 1 is 1.18 bits per heavy atom. The quantitative estimate of drug-likeness (QED) is 0.847. The number of ether oxygens (including phenoxy) is 2. The number of aliphatic hydroxyl groups is 1. The lowest BCUT2D eigenvalue weighted by Crippen LogP contribution is -2.48. The molecule has 1 N–H and O–H groups in total. The summed E-state index contributed by atoms with van der Waals surface area (Å²) in [5.41, 5.74) is 0.363. The van der Waals surface area contributed by atoms with Gasteiger partial charge in [-0.05, 0) is 44.4 Å². The van der Waals surface area contributed by atoms with Crippen LogP contribution in [0, 0.1) is 11.3 Å². The predicted molar refractivity (Wildman–Crippen MR) is 89.0 cm³/mol. The Morgan fingerprint density at radius 3 is 2.41 bits per heavy atom. The number of rotatable bonds is 5. The summed E-state index contributed by atoms with van der Waals surface area (Å²) in [4.78, 5) is 2.29. The minimum Gasteiger partial charge on any atom is -0.389 e. The first-order valence-electron chi connectivity index (χ1n) is 8.91. The number of hydrogen-bond donors (Lipinski definition) is 1. The van der Waals surface area contributed by atoms with Gasteiger partial charge in [0.15, 0.2) is 0 Å². The molecule has 0 aromatic rings. The van der Waals surface area contributed by atoms with Crippen molar-refractivity contribution in [2.75, 3.05) is 26.2 Å². The molecule has 0 bridgehead atoms. The third-order valence-electron chi connectivity index (χ3n) is 4.84. The molecule has 2 rings (SSSR count). The van der Waals surface area contributed by atoms with Gasteiger partial charge in [0.25, 0.3) is 0 Å². The minimum absolute atomic E-state index is 0.247. The van der Waals surface area contributed by atoms with Crippen molar-refractivity contribution in [2.45, 2.75) is 78.3 Å². The average molecular weight is 313 g/mol. The van der Waals surface area contributed by atoms with E-state index in [1.165, 1.54) is 6.42 Å². The number of nitrogens with zero attached hydrogens (tertiary/aromatic N) is 1. The summed E-state index contributed by atoms with van der Waals surface area (Å²) in [5.74, 6) is 0.715. The number of hydrogen-bond acceptors (Lipinski definition) is 4. The van der Waals surface area contributed by atoms with Gasteiger partial charge < -0.3 is 14.6 Å². The van der Waals surface area contributed by atoms with E-state index in [2.05, 4.69) is 39.5 Å². The number of β-amino-alcohol motifs (C(OH)–C–C–N with tert-alkyl or cyclic N) is 1. The maximum Gasteiger partial charge on any atom is 0.0900 e. The van der Waals surface area contributed by atoms with Crippen molar-refractivity contribution in [1.82, 2.24) is 4.90 Å². The molecule has 1 aliphatic heterocycles. The van der Waals surface area contributed by atoms with Crippen LogP contribution in [0.25, 0.3) is 0 Å². The summed E-state index contributed by atoms with van der Waals surface area (Å²) >= 11 is 0. The highest BCUT2D eigenvalue weighted by molar-refractivity contribution is 4.84. The van der Waals surface area contributed by atoms with Crippen LogP contribution in [-0.2, 0) is 9.47 Å². The second-order valence-electron chi connectivity index (χ2n) is 8.50. The Morgan fingerprint density at radius 2 is 1.82 bits per heavy atom. The van der Waals surface area contributed by atoms with E-state index in [1.54, 1.807) is 0 Å². The molecular formula is C18H35NO3. The van der Waals surface area contributed by atoms with Crippen molar-refractivity contribution in [3.63, 3.8) is 0 Å². The number of morpholine rings is 1. The van der Waals surface area contributed by atoms with Crippen LogP contribution in [-0.4, -0.2) is 60.7 Å². The van der Waals surface area contributed by atoms with Crippen LogP contribution in [0.4, 0.5) is 0 Å². The van der Waals surface area contributed by atoms with Gasteiger partial charge in [-0.1, -0.05) is 20.8 Å². The molecule has 22 heavy (non-hydrogen) atoms. The van der Waals surface area contributed by atoms with Crippen molar-refractivity contribution < 1.29 is 14.6 Å². The monoisotopic (exact) mass is 313 g/mol. The van der Waals surface area contributed by atoms with Gasteiger partial charge in [0.05, 0.1) is 31.0 Å². The molecule has 0 aromatic heterocycles. The standard InChI is InChI=1S/C18H35NO3/c1-13-6-17(8-18(4,5)7-13)21-12-16(20)11-19-9-14(2)22-15(3)10-19/h13-17,20H,6-12H2,1-5H3/t13-,14-,15+,16-,17+/m1/s1. The fraction of sp³-hybridized carbons (Fsp3) is 1.00. The Hall–Kier alpha value is -0.160. The van der Waals surface area contributed by atoms with E-state index in [1.807, 2.05) is 0 Å². The molecule has 1 aliphatic carbocycles. The zero-order chi connectivity index (χ0) is 16.3. The van der Waals surface area contributed by atoms with E-state index in [9.17, 15) is 5.11 Å². The highest BCUT2D eigenvalue weighted by Crippen LogP contribution is 2.39. The van der Waals surface area contributed by atoms with Crippen molar-refractivity contribution in [3.8, 4) is 0 Å². The third kappa shape index (κ3) is 5.80. The summed E-state index contributed by atoms with van der Waals surface area (Å²) in [6.45, 7) is 14.1. The maximum atomic E-state index is 10.3. The van der Waals surface area contributed by atoms with Gasteiger partial charge in [0.1, 0.15) is 0 Å². The third-order valence-corrected chi connectivity index (χ3v) is 4.84. The average Bonchev–Trinajstić information content (AvgIpc) is 2.32. The lowest BCUT2D eigenvalue weighted by molar-refractivity contribution is -0.0928. The molecule has 1 heterocycles. The Bertz CT molecular complexity index is 337. The molecular weight excluding hydrogens is 278 g/mol. The molecule has 1 saturated heterocycles. The highest BCUT2D eigenvalue weighted by atomic mass is 16.5. The van der Waals surface area contributed by atoms with Gasteiger partial charge in [-0.2, -0.15) is 0 Å². The Balaban J connectivity index is 1.72. The van der Waals surface area contributed by atoms with Gasteiger partial charge in [0.2, 0.25) is 0 Å².